The Labute approximate surface area is 236 Å². The van der Waals surface area contributed by atoms with Crippen LogP contribution in [-0.4, -0.2) is 61.8 Å². The maximum absolute atomic E-state index is 12.2. The number of ketones is 1. The highest BCUT2D eigenvalue weighted by molar-refractivity contribution is 5.98. The van der Waals surface area contributed by atoms with E-state index in [0.717, 1.165) is 54.5 Å². The first-order valence-electron chi connectivity index (χ1n) is 13.9. The van der Waals surface area contributed by atoms with Gasteiger partial charge >= 0.3 is 6.09 Å². The van der Waals surface area contributed by atoms with Gasteiger partial charge in [-0.05, 0) is 81.7 Å². The lowest BCUT2D eigenvalue weighted by molar-refractivity contribution is -0.149. The summed E-state index contributed by atoms with van der Waals surface area (Å²) in [5.74, 6) is 1.18. The predicted octanol–water partition coefficient (Wildman–Crippen LogP) is 4.33. The fraction of sp³-hybridized carbons (Fsp3) is 0.516. The number of rotatable bonds is 10. The zero-order chi connectivity index (χ0) is 28.8. The lowest BCUT2D eigenvalue weighted by atomic mass is 9.82. The molecule has 3 N–H and O–H groups in total. The molecular formula is C31H41N3O6. The van der Waals surface area contributed by atoms with Crippen LogP contribution in [0.15, 0.2) is 53.5 Å². The number of aryl methyl sites for hydroxylation is 1. The molecule has 1 saturated carbocycles. The van der Waals surface area contributed by atoms with Crippen LogP contribution in [0, 0.1) is 0 Å². The molecule has 1 fully saturated rings. The van der Waals surface area contributed by atoms with Crippen molar-refractivity contribution in [3.63, 3.8) is 0 Å². The summed E-state index contributed by atoms with van der Waals surface area (Å²) in [6.45, 7) is 3.91. The number of benzene rings is 2. The van der Waals surface area contributed by atoms with Gasteiger partial charge in [-0.2, -0.15) is 0 Å². The van der Waals surface area contributed by atoms with E-state index in [1.165, 1.54) is 6.92 Å². The number of carbonyl (C=O) groups is 2. The average Bonchev–Trinajstić information content (AvgIpc) is 2.99. The Bertz CT molecular complexity index is 1210. The van der Waals surface area contributed by atoms with Crippen LogP contribution >= 0.6 is 0 Å². The van der Waals surface area contributed by atoms with Gasteiger partial charge in [-0.25, -0.2) is 4.79 Å². The second kappa shape index (κ2) is 12.8. The third-order valence-corrected chi connectivity index (χ3v) is 8.43. The lowest BCUT2D eigenvalue weighted by Gasteiger charge is -2.38. The number of amidine groups is 1. The van der Waals surface area contributed by atoms with Crippen LogP contribution in [0.5, 0.6) is 5.75 Å². The average molecular weight is 552 g/mol. The molecule has 0 bridgehead atoms. The molecule has 0 saturated heterocycles. The van der Waals surface area contributed by atoms with E-state index in [2.05, 4.69) is 5.32 Å². The lowest BCUT2D eigenvalue weighted by Crippen LogP contribution is -2.51. The molecular weight excluding hydrogens is 510 g/mol. The predicted molar refractivity (Wildman–Crippen MR) is 153 cm³/mol. The number of nitrogens with two attached hydrogens (primary N) is 1. The van der Waals surface area contributed by atoms with Crippen LogP contribution in [0.25, 0.3) is 0 Å². The van der Waals surface area contributed by atoms with Crippen molar-refractivity contribution in [2.75, 3.05) is 20.8 Å². The number of aliphatic imine (C=N–C) groups is 1. The Morgan fingerprint density at radius 2 is 1.85 bits per heavy atom. The van der Waals surface area contributed by atoms with Crippen molar-refractivity contribution in [2.24, 2.45) is 10.7 Å². The van der Waals surface area contributed by atoms with Crippen molar-refractivity contribution in [3.8, 4) is 5.75 Å². The number of methoxy groups -OCH3 is 2. The molecule has 9 nitrogen and oxygen atoms in total. The van der Waals surface area contributed by atoms with E-state index in [0.29, 0.717) is 18.8 Å². The van der Waals surface area contributed by atoms with Gasteiger partial charge in [-0.1, -0.05) is 30.3 Å². The molecule has 216 valence electrons. The van der Waals surface area contributed by atoms with Gasteiger partial charge < -0.3 is 30.0 Å². The highest BCUT2D eigenvalue weighted by Crippen LogP contribution is 2.35. The van der Waals surface area contributed by atoms with Crippen LogP contribution in [0.1, 0.15) is 62.6 Å². The van der Waals surface area contributed by atoms with Gasteiger partial charge in [0.2, 0.25) is 0 Å². The van der Waals surface area contributed by atoms with E-state index in [-0.39, 0.29) is 24.5 Å². The molecule has 0 aromatic heterocycles. The zero-order valence-corrected chi connectivity index (χ0v) is 23.9. The van der Waals surface area contributed by atoms with Crippen molar-refractivity contribution >= 4 is 17.7 Å². The second-order valence-corrected chi connectivity index (χ2v) is 10.9. The number of fused-ring (bicyclic) bond motifs is 1. The normalized spacial score (nSPS) is 24.2. The zero-order valence-electron chi connectivity index (χ0n) is 23.9. The standard InChI is InChI=1S/C31H41N3O6/c1-21(35)30(2,37-3)27-13-11-23-18-24(10-12-26(23)40-27)28(32)34-25-14-16-31(38-4,17-15-25)20-33-29(36)39-19-22-8-6-5-7-9-22/h5-10,12,18,25,27H,11,13-17,19-20H2,1-4H3,(H2,32,34)(H,33,36)/t25?,27-,30-,31?/m1/s1. The fourth-order valence-electron chi connectivity index (χ4n) is 5.43. The first-order chi connectivity index (χ1) is 19.2. The van der Waals surface area contributed by atoms with Crippen LogP contribution in [0.3, 0.4) is 0 Å². The summed E-state index contributed by atoms with van der Waals surface area (Å²) in [6.07, 6.45) is 3.72. The SMILES string of the molecule is COC1(CNC(=O)OCc2ccccc2)CCC(N=C(N)c2ccc3c(c2)CC[C@H]([C@](C)(OC)C(C)=O)O3)CC1. The Morgan fingerprint density at radius 1 is 1.12 bits per heavy atom. The van der Waals surface area contributed by atoms with Crippen molar-refractivity contribution in [3.05, 3.63) is 65.2 Å². The van der Waals surface area contributed by atoms with Gasteiger partial charge in [0.15, 0.2) is 11.4 Å². The summed E-state index contributed by atoms with van der Waals surface area (Å²) in [6, 6.07) is 15.5. The van der Waals surface area contributed by atoms with Gasteiger partial charge in [0.05, 0.1) is 11.6 Å². The van der Waals surface area contributed by atoms with E-state index in [9.17, 15) is 9.59 Å². The molecule has 1 heterocycles. The molecule has 2 atom stereocenters. The summed E-state index contributed by atoms with van der Waals surface area (Å²) < 4.78 is 22.9. The van der Waals surface area contributed by atoms with Gasteiger partial charge in [0, 0.05) is 26.3 Å². The van der Waals surface area contributed by atoms with Crippen molar-refractivity contribution in [1.82, 2.24) is 5.32 Å². The molecule has 2 aromatic rings. The number of hydrogen-bond donors (Lipinski definition) is 2. The number of ether oxygens (including phenoxy) is 4. The van der Waals surface area contributed by atoms with E-state index in [4.69, 9.17) is 29.7 Å². The Balaban J connectivity index is 1.30. The summed E-state index contributed by atoms with van der Waals surface area (Å²) in [5, 5.41) is 2.86. The number of alkyl carbamates (subject to hydrolysis) is 1. The van der Waals surface area contributed by atoms with Gasteiger partial charge in [0.25, 0.3) is 0 Å². The van der Waals surface area contributed by atoms with E-state index < -0.39 is 17.3 Å². The van der Waals surface area contributed by atoms with E-state index >= 15 is 0 Å². The van der Waals surface area contributed by atoms with Crippen molar-refractivity contribution in [1.29, 1.82) is 0 Å². The summed E-state index contributed by atoms with van der Waals surface area (Å²) >= 11 is 0. The number of nitrogens with one attached hydrogen (secondary N) is 1. The minimum absolute atomic E-state index is 0.0554. The molecule has 2 aromatic carbocycles. The summed E-state index contributed by atoms with van der Waals surface area (Å²) in [7, 11) is 3.22. The Hall–Kier alpha value is -3.43. The molecule has 4 rings (SSSR count). The first-order valence-corrected chi connectivity index (χ1v) is 13.9. The minimum Gasteiger partial charge on any atom is -0.487 e. The Kier molecular flexibility index (Phi) is 9.48. The number of nitrogens with zero attached hydrogens (tertiary/aromatic N) is 1. The summed E-state index contributed by atoms with van der Waals surface area (Å²) in [5.41, 5.74) is 7.84. The molecule has 9 heteroatoms. The van der Waals surface area contributed by atoms with E-state index in [1.807, 2.05) is 48.5 Å². The molecule has 2 aliphatic rings. The number of hydrogen-bond acceptors (Lipinski definition) is 7. The third-order valence-electron chi connectivity index (χ3n) is 8.43. The quantitative estimate of drug-likeness (QED) is 0.333. The molecule has 1 aliphatic carbocycles. The van der Waals surface area contributed by atoms with Crippen LogP contribution in [-0.2, 0) is 32.0 Å². The maximum Gasteiger partial charge on any atom is 0.407 e. The van der Waals surface area contributed by atoms with Crippen LogP contribution in [0.4, 0.5) is 4.79 Å². The Morgan fingerprint density at radius 3 is 2.50 bits per heavy atom. The third kappa shape index (κ3) is 6.82. The smallest absolute Gasteiger partial charge is 0.407 e. The fourth-order valence-corrected chi connectivity index (χ4v) is 5.43. The molecule has 0 radical (unpaired) electrons. The molecule has 1 aliphatic heterocycles. The first kappa shape index (κ1) is 29.6. The molecule has 0 spiro atoms. The van der Waals surface area contributed by atoms with Crippen LogP contribution < -0.4 is 15.8 Å². The molecule has 1 amide bonds. The monoisotopic (exact) mass is 551 g/mol. The second-order valence-electron chi connectivity index (χ2n) is 10.9. The van der Waals surface area contributed by atoms with Gasteiger partial charge in [0.1, 0.15) is 24.3 Å². The van der Waals surface area contributed by atoms with Crippen molar-refractivity contribution in [2.45, 2.75) is 82.3 Å². The number of amides is 1. The van der Waals surface area contributed by atoms with Gasteiger partial charge in [-0.3, -0.25) is 9.79 Å². The molecule has 40 heavy (non-hydrogen) atoms. The number of Topliss-reactive ketones (excluding diaryl/α,β-unsaturated/α-hetero) is 1. The topological polar surface area (TPSA) is 121 Å². The summed E-state index contributed by atoms with van der Waals surface area (Å²) in [4.78, 5) is 29.2. The highest BCUT2D eigenvalue weighted by Gasteiger charge is 2.42. The largest absolute Gasteiger partial charge is 0.487 e. The van der Waals surface area contributed by atoms with Crippen molar-refractivity contribution < 1.29 is 28.5 Å². The molecule has 0 unspecified atom stereocenters. The highest BCUT2D eigenvalue weighted by atomic mass is 16.6. The van der Waals surface area contributed by atoms with E-state index in [1.54, 1.807) is 21.1 Å². The number of carbonyl (C=O) groups excluding carboxylic acids is 2. The van der Waals surface area contributed by atoms with Crippen LogP contribution in [0.2, 0.25) is 0 Å². The maximum atomic E-state index is 12.2. The minimum atomic E-state index is -0.979. The van der Waals surface area contributed by atoms with Gasteiger partial charge in [-0.15, -0.1) is 0 Å².